The summed E-state index contributed by atoms with van der Waals surface area (Å²) in [5, 5.41) is 0. The van der Waals surface area contributed by atoms with E-state index in [1.807, 2.05) is 30.3 Å². The number of anilines is 1. The number of benzene rings is 1. The number of ether oxygens (including phenoxy) is 3. The fourth-order valence-corrected chi connectivity index (χ4v) is 2.34. The van der Waals surface area contributed by atoms with Gasteiger partial charge in [-0.15, -0.1) is 0 Å². The van der Waals surface area contributed by atoms with Gasteiger partial charge in [-0.1, -0.05) is 6.07 Å². The molecule has 0 saturated carbocycles. The summed E-state index contributed by atoms with van der Waals surface area (Å²) in [5.41, 5.74) is 1.07. The summed E-state index contributed by atoms with van der Waals surface area (Å²) in [6, 6.07) is 9.83. The molecule has 1 heterocycles. The van der Waals surface area contributed by atoms with E-state index >= 15 is 0 Å². The number of methoxy groups -OCH3 is 3. The Morgan fingerprint density at radius 1 is 1.00 bits per heavy atom. The third-order valence-corrected chi connectivity index (χ3v) is 3.45. The highest BCUT2D eigenvalue weighted by Gasteiger charge is 2.15. The third-order valence-electron chi connectivity index (χ3n) is 3.45. The molecule has 0 saturated heterocycles. The van der Waals surface area contributed by atoms with Crippen molar-refractivity contribution < 1.29 is 14.2 Å². The van der Waals surface area contributed by atoms with Crippen LogP contribution in [0.25, 0.3) is 0 Å². The molecule has 0 spiro atoms. The van der Waals surface area contributed by atoms with Crippen molar-refractivity contribution in [2.24, 2.45) is 0 Å². The molecule has 2 rings (SSSR count). The first-order chi connectivity index (χ1) is 10.7. The molecule has 0 bridgehead atoms. The van der Waals surface area contributed by atoms with Gasteiger partial charge >= 0.3 is 0 Å². The van der Waals surface area contributed by atoms with E-state index in [4.69, 9.17) is 14.2 Å². The molecule has 0 N–H and O–H groups in total. The largest absolute Gasteiger partial charge is 0.493 e. The Bertz CT molecular complexity index is 577. The molecule has 0 fully saturated rings. The van der Waals surface area contributed by atoms with Gasteiger partial charge in [0, 0.05) is 19.3 Å². The van der Waals surface area contributed by atoms with E-state index in [0.717, 1.165) is 17.9 Å². The number of rotatable bonds is 7. The van der Waals surface area contributed by atoms with Crippen LogP contribution in [0, 0.1) is 0 Å². The Balaban J connectivity index is 2.32. The van der Waals surface area contributed by atoms with Crippen LogP contribution in [0.4, 0.5) is 5.82 Å². The van der Waals surface area contributed by atoms with Gasteiger partial charge in [-0.2, -0.15) is 0 Å². The Morgan fingerprint density at radius 3 is 2.14 bits per heavy atom. The predicted molar refractivity (Wildman–Crippen MR) is 87.1 cm³/mol. The number of nitrogens with zero attached hydrogens (tertiary/aromatic N) is 2. The molecule has 22 heavy (non-hydrogen) atoms. The van der Waals surface area contributed by atoms with Gasteiger partial charge in [-0.05, 0) is 36.8 Å². The van der Waals surface area contributed by atoms with Gasteiger partial charge in [0.25, 0.3) is 0 Å². The highest BCUT2D eigenvalue weighted by atomic mass is 16.5. The van der Waals surface area contributed by atoms with Crippen molar-refractivity contribution in [2.75, 3.05) is 32.8 Å². The molecule has 0 radical (unpaired) electrons. The zero-order valence-corrected chi connectivity index (χ0v) is 13.5. The number of hydrogen-bond acceptors (Lipinski definition) is 5. The monoisotopic (exact) mass is 302 g/mol. The van der Waals surface area contributed by atoms with Crippen molar-refractivity contribution in [1.29, 1.82) is 0 Å². The van der Waals surface area contributed by atoms with E-state index in [-0.39, 0.29) is 0 Å². The van der Waals surface area contributed by atoms with Crippen molar-refractivity contribution in [1.82, 2.24) is 4.98 Å². The van der Waals surface area contributed by atoms with Crippen LogP contribution in [0.5, 0.6) is 17.2 Å². The molecule has 1 aromatic carbocycles. The molecular weight excluding hydrogens is 280 g/mol. The summed E-state index contributed by atoms with van der Waals surface area (Å²) in [6.07, 6.45) is 1.80. The maximum absolute atomic E-state index is 5.40. The van der Waals surface area contributed by atoms with Crippen LogP contribution >= 0.6 is 0 Å². The van der Waals surface area contributed by atoms with Crippen LogP contribution < -0.4 is 19.1 Å². The summed E-state index contributed by atoms with van der Waals surface area (Å²) in [5.74, 6) is 2.87. The quantitative estimate of drug-likeness (QED) is 0.786. The Labute approximate surface area is 131 Å². The molecule has 0 unspecified atom stereocenters. The lowest BCUT2D eigenvalue weighted by Crippen LogP contribution is -2.23. The summed E-state index contributed by atoms with van der Waals surface area (Å²) < 4.78 is 16.2. The smallest absolute Gasteiger partial charge is 0.203 e. The van der Waals surface area contributed by atoms with Crippen LogP contribution in [0.15, 0.2) is 36.5 Å². The van der Waals surface area contributed by atoms with Crippen LogP contribution in [0.3, 0.4) is 0 Å². The summed E-state index contributed by atoms with van der Waals surface area (Å²) in [4.78, 5) is 6.58. The van der Waals surface area contributed by atoms with E-state index in [0.29, 0.717) is 23.8 Å². The first-order valence-corrected chi connectivity index (χ1v) is 7.18. The lowest BCUT2D eigenvalue weighted by atomic mass is 10.1. The van der Waals surface area contributed by atoms with Gasteiger partial charge in [-0.3, -0.25) is 0 Å². The summed E-state index contributed by atoms with van der Waals surface area (Å²) in [7, 11) is 4.85. The maximum atomic E-state index is 5.40. The molecule has 5 nitrogen and oxygen atoms in total. The van der Waals surface area contributed by atoms with Crippen molar-refractivity contribution >= 4 is 5.82 Å². The minimum atomic E-state index is 0.606. The molecule has 0 amide bonds. The second-order valence-electron chi connectivity index (χ2n) is 4.74. The van der Waals surface area contributed by atoms with Gasteiger partial charge < -0.3 is 19.1 Å². The Morgan fingerprint density at radius 2 is 1.68 bits per heavy atom. The highest BCUT2D eigenvalue weighted by Crippen LogP contribution is 2.38. The van der Waals surface area contributed by atoms with Crippen LogP contribution in [-0.4, -0.2) is 32.9 Å². The lowest BCUT2D eigenvalue weighted by Gasteiger charge is -2.23. The fraction of sp³-hybridized carbons (Fsp3) is 0.353. The molecule has 118 valence electrons. The van der Waals surface area contributed by atoms with E-state index in [1.54, 1.807) is 27.5 Å². The van der Waals surface area contributed by atoms with Crippen molar-refractivity contribution in [3.8, 4) is 17.2 Å². The number of aromatic nitrogens is 1. The molecule has 0 aliphatic carbocycles. The Kier molecular flexibility index (Phi) is 5.47. The lowest BCUT2D eigenvalue weighted by molar-refractivity contribution is 0.323. The van der Waals surface area contributed by atoms with Gasteiger partial charge in [0.1, 0.15) is 5.82 Å². The molecule has 0 aliphatic heterocycles. The first-order valence-electron chi connectivity index (χ1n) is 7.18. The third kappa shape index (κ3) is 3.42. The fourth-order valence-electron chi connectivity index (χ4n) is 2.34. The molecule has 0 aliphatic rings. The van der Waals surface area contributed by atoms with Gasteiger partial charge in [0.15, 0.2) is 11.5 Å². The van der Waals surface area contributed by atoms with Crippen LogP contribution in [0.2, 0.25) is 0 Å². The van der Waals surface area contributed by atoms with E-state index in [9.17, 15) is 0 Å². The highest BCUT2D eigenvalue weighted by molar-refractivity contribution is 5.54. The summed E-state index contributed by atoms with van der Waals surface area (Å²) in [6.45, 7) is 3.67. The molecular formula is C17H22N2O3. The number of hydrogen-bond donors (Lipinski definition) is 0. The average molecular weight is 302 g/mol. The van der Waals surface area contributed by atoms with E-state index in [1.165, 1.54) is 0 Å². The second-order valence-corrected chi connectivity index (χ2v) is 4.74. The molecule has 2 aromatic rings. The van der Waals surface area contributed by atoms with Crippen LogP contribution in [0.1, 0.15) is 12.5 Å². The summed E-state index contributed by atoms with van der Waals surface area (Å²) >= 11 is 0. The maximum Gasteiger partial charge on any atom is 0.203 e. The first kappa shape index (κ1) is 15.9. The normalized spacial score (nSPS) is 10.2. The van der Waals surface area contributed by atoms with Crippen LogP contribution in [-0.2, 0) is 6.54 Å². The molecule has 0 atom stereocenters. The molecule has 1 aromatic heterocycles. The van der Waals surface area contributed by atoms with Gasteiger partial charge in [0.05, 0.1) is 21.3 Å². The number of pyridine rings is 1. The Hall–Kier alpha value is -2.43. The van der Waals surface area contributed by atoms with Gasteiger partial charge in [0.2, 0.25) is 5.75 Å². The van der Waals surface area contributed by atoms with Crippen molar-refractivity contribution in [3.63, 3.8) is 0 Å². The minimum absolute atomic E-state index is 0.606. The van der Waals surface area contributed by atoms with Crippen molar-refractivity contribution in [3.05, 3.63) is 42.1 Å². The standard InChI is InChI=1S/C17H22N2O3/c1-5-19(16-8-6-7-9-18-16)12-13-10-14(20-2)17(22-4)15(11-13)21-3/h6-11H,5,12H2,1-4H3. The average Bonchev–Trinajstić information content (AvgIpc) is 2.59. The topological polar surface area (TPSA) is 43.8 Å². The second kappa shape index (κ2) is 7.54. The zero-order valence-electron chi connectivity index (χ0n) is 13.5. The van der Waals surface area contributed by atoms with Crippen molar-refractivity contribution in [2.45, 2.75) is 13.5 Å². The van der Waals surface area contributed by atoms with E-state index < -0.39 is 0 Å². The SMILES string of the molecule is CCN(Cc1cc(OC)c(OC)c(OC)c1)c1ccccn1. The minimum Gasteiger partial charge on any atom is -0.493 e. The van der Waals surface area contributed by atoms with E-state index in [2.05, 4.69) is 16.8 Å². The van der Waals surface area contributed by atoms with Gasteiger partial charge in [-0.25, -0.2) is 4.98 Å². The molecule has 5 heteroatoms. The zero-order chi connectivity index (χ0) is 15.9. The predicted octanol–water partition coefficient (Wildman–Crippen LogP) is 3.13.